The highest BCUT2D eigenvalue weighted by molar-refractivity contribution is 6.29. The summed E-state index contributed by atoms with van der Waals surface area (Å²) in [6.45, 7) is 3.69. The van der Waals surface area contributed by atoms with E-state index in [9.17, 15) is 0 Å². The summed E-state index contributed by atoms with van der Waals surface area (Å²) in [7, 11) is 0. The zero-order valence-electron chi connectivity index (χ0n) is 26.9. The van der Waals surface area contributed by atoms with E-state index in [0.717, 1.165) is 58.6 Å². The van der Waals surface area contributed by atoms with Crippen LogP contribution in [0.2, 0.25) is 5.15 Å². The Morgan fingerprint density at radius 1 is 0.750 bits per heavy atom. The van der Waals surface area contributed by atoms with Gasteiger partial charge in [0, 0.05) is 19.2 Å². The zero-order valence-corrected chi connectivity index (χ0v) is 27.7. The number of rotatable bonds is 12. The van der Waals surface area contributed by atoms with Crippen molar-refractivity contribution in [1.29, 1.82) is 0 Å². The summed E-state index contributed by atoms with van der Waals surface area (Å²) in [4.78, 5) is 7.38. The summed E-state index contributed by atoms with van der Waals surface area (Å²) in [5.74, 6) is 1.47. The highest BCUT2D eigenvalue weighted by Gasteiger charge is 2.49. The maximum atomic E-state index is 6.89. The Bertz CT molecular complexity index is 1780. The van der Waals surface area contributed by atoms with Gasteiger partial charge >= 0.3 is 0 Å². The number of hydrogen-bond donors (Lipinski definition) is 0. The molecular formula is C39H41ClN4O4. The molecule has 1 aliphatic carbocycles. The van der Waals surface area contributed by atoms with Gasteiger partial charge in [-0.2, -0.15) is 5.10 Å². The number of hydrogen-bond acceptors (Lipinski definition) is 7. The first kappa shape index (κ1) is 31.5. The minimum Gasteiger partial charge on any atom is -0.374 e. The van der Waals surface area contributed by atoms with Crippen LogP contribution in [0.15, 0.2) is 103 Å². The third-order valence-corrected chi connectivity index (χ3v) is 10.3. The average molecular weight is 665 g/mol. The fourth-order valence-corrected chi connectivity index (χ4v) is 7.86. The van der Waals surface area contributed by atoms with Gasteiger partial charge in [-0.1, -0.05) is 109 Å². The molecule has 1 saturated carbocycles. The Morgan fingerprint density at radius 2 is 1.33 bits per heavy atom. The van der Waals surface area contributed by atoms with Crippen molar-refractivity contribution in [1.82, 2.24) is 14.6 Å². The number of aromatic nitrogens is 3. The lowest BCUT2D eigenvalue weighted by Gasteiger charge is -2.25. The summed E-state index contributed by atoms with van der Waals surface area (Å²) in [6, 6.07) is 32.5. The molecule has 3 aromatic carbocycles. The monoisotopic (exact) mass is 664 g/mol. The molecule has 3 fully saturated rings. The minimum atomic E-state index is -0.522. The molecule has 0 radical (unpaired) electrons. The third-order valence-electron chi connectivity index (χ3n) is 10.1. The van der Waals surface area contributed by atoms with Gasteiger partial charge in [0.15, 0.2) is 10.8 Å². The number of imidazole rings is 1. The van der Waals surface area contributed by atoms with Crippen LogP contribution >= 0.6 is 11.6 Å². The molecule has 48 heavy (non-hydrogen) atoms. The van der Waals surface area contributed by atoms with E-state index in [2.05, 4.69) is 41.3 Å². The maximum Gasteiger partial charge on any atom is 0.177 e. The highest BCUT2D eigenvalue weighted by Crippen LogP contribution is 2.43. The van der Waals surface area contributed by atoms with Crippen molar-refractivity contribution >= 4 is 22.9 Å². The number of nitrogens with zero attached hydrogens (tertiary/aromatic N) is 4. The molecule has 0 N–H and O–H groups in total. The molecule has 0 amide bonds. The Kier molecular flexibility index (Phi) is 9.42. The summed E-state index contributed by atoms with van der Waals surface area (Å²) in [5.41, 5.74) is 5.84. The van der Waals surface area contributed by atoms with Gasteiger partial charge in [0.25, 0.3) is 0 Å². The molecule has 248 valence electrons. The van der Waals surface area contributed by atoms with Crippen LogP contribution in [0.4, 0.5) is 5.69 Å². The average Bonchev–Trinajstić information content (AvgIpc) is 3.91. The van der Waals surface area contributed by atoms with Crippen LogP contribution in [0.1, 0.15) is 47.8 Å². The van der Waals surface area contributed by atoms with Gasteiger partial charge < -0.3 is 23.8 Å². The summed E-state index contributed by atoms with van der Waals surface area (Å²) < 4.78 is 28.5. The number of halogens is 1. The van der Waals surface area contributed by atoms with Gasteiger partial charge in [0.2, 0.25) is 0 Å². The van der Waals surface area contributed by atoms with Crippen LogP contribution in [0.5, 0.6) is 0 Å². The van der Waals surface area contributed by atoms with Gasteiger partial charge in [0.05, 0.1) is 44.0 Å². The lowest BCUT2D eigenvalue weighted by atomic mass is 10.0. The maximum absolute atomic E-state index is 6.89. The van der Waals surface area contributed by atoms with Crippen molar-refractivity contribution in [3.8, 4) is 0 Å². The van der Waals surface area contributed by atoms with E-state index >= 15 is 0 Å². The van der Waals surface area contributed by atoms with Crippen molar-refractivity contribution in [2.45, 2.75) is 63.5 Å². The Balaban J connectivity index is 1.12. The lowest BCUT2D eigenvalue weighted by molar-refractivity contribution is -0.0898. The topological polar surface area (TPSA) is 70.4 Å². The number of fused-ring (bicyclic) bond motifs is 2. The summed E-state index contributed by atoms with van der Waals surface area (Å²) in [5, 5.41) is 5.19. The van der Waals surface area contributed by atoms with Crippen molar-refractivity contribution in [3.05, 3.63) is 131 Å². The highest BCUT2D eigenvalue weighted by atomic mass is 35.5. The zero-order chi connectivity index (χ0) is 32.3. The Labute approximate surface area is 286 Å². The molecule has 8 nitrogen and oxygen atoms in total. The van der Waals surface area contributed by atoms with Crippen LogP contribution in [-0.4, -0.2) is 52.6 Å². The Morgan fingerprint density at radius 3 is 1.96 bits per heavy atom. The van der Waals surface area contributed by atoms with E-state index in [1.165, 1.54) is 19.3 Å². The van der Waals surface area contributed by atoms with Crippen molar-refractivity contribution in [2.24, 2.45) is 11.8 Å². The molecule has 3 aliphatic rings. The molecule has 4 heterocycles. The fraction of sp³-hybridized carbons (Fsp3) is 0.385. The molecule has 5 aromatic rings. The first-order valence-corrected chi connectivity index (χ1v) is 17.4. The molecule has 0 bridgehead atoms. The predicted molar refractivity (Wildman–Crippen MR) is 185 cm³/mol. The van der Waals surface area contributed by atoms with Gasteiger partial charge in [-0.3, -0.25) is 0 Å². The molecule has 2 saturated heterocycles. The molecule has 6 atom stereocenters. The lowest BCUT2D eigenvalue weighted by Crippen LogP contribution is -2.38. The number of anilines is 1. The molecule has 2 unspecified atom stereocenters. The van der Waals surface area contributed by atoms with Crippen LogP contribution in [-0.2, 0) is 38.8 Å². The smallest absolute Gasteiger partial charge is 0.177 e. The normalized spacial score (nSPS) is 25.2. The molecular weight excluding hydrogens is 624 g/mol. The molecule has 2 aromatic heterocycles. The summed E-state index contributed by atoms with van der Waals surface area (Å²) >= 11 is 6.73. The largest absolute Gasteiger partial charge is 0.374 e. The van der Waals surface area contributed by atoms with Crippen LogP contribution < -0.4 is 4.90 Å². The van der Waals surface area contributed by atoms with E-state index in [-0.39, 0.29) is 0 Å². The molecule has 0 spiro atoms. The second kappa shape index (κ2) is 14.4. The van der Waals surface area contributed by atoms with E-state index in [4.69, 9.17) is 40.6 Å². The van der Waals surface area contributed by atoms with Crippen molar-refractivity contribution in [3.63, 3.8) is 0 Å². The van der Waals surface area contributed by atoms with Gasteiger partial charge in [-0.15, -0.1) is 0 Å². The first-order chi connectivity index (χ1) is 23.7. The Hall–Kier alpha value is -3.79. The molecule has 2 aliphatic heterocycles. The van der Waals surface area contributed by atoms with Gasteiger partial charge in [-0.25, -0.2) is 9.50 Å². The third kappa shape index (κ3) is 6.73. The van der Waals surface area contributed by atoms with Crippen LogP contribution in [0.25, 0.3) is 5.65 Å². The van der Waals surface area contributed by atoms with E-state index in [1.54, 1.807) is 0 Å². The van der Waals surface area contributed by atoms with Gasteiger partial charge in [-0.05, 0) is 41.4 Å². The molecule has 8 rings (SSSR count). The number of benzene rings is 3. The minimum absolute atomic E-state index is 0.336. The number of ether oxygens (including phenoxy) is 4. The van der Waals surface area contributed by atoms with Crippen LogP contribution in [0, 0.1) is 11.8 Å². The van der Waals surface area contributed by atoms with E-state index < -0.39 is 24.4 Å². The van der Waals surface area contributed by atoms with Crippen molar-refractivity contribution in [2.75, 3.05) is 24.6 Å². The quantitative estimate of drug-likeness (QED) is 0.137. The fourth-order valence-electron chi connectivity index (χ4n) is 7.68. The second-order valence-corrected chi connectivity index (χ2v) is 13.6. The second-order valence-electron chi connectivity index (χ2n) is 13.2. The van der Waals surface area contributed by atoms with E-state index in [0.29, 0.717) is 31.6 Å². The SMILES string of the molecule is Clc1cc(N2CC3CCCC3C2)c2ncc([C@@H]3O[C@H](COCc4ccccc4)[C@@H](OCc4ccccc4)[C@H]3OCc3ccccc3)n2n1. The predicted octanol–water partition coefficient (Wildman–Crippen LogP) is 7.45. The van der Waals surface area contributed by atoms with Crippen LogP contribution in [0.3, 0.4) is 0 Å². The van der Waals surface area contributed by atoms with Gasteiger partial charge in [0.1, 0.15) is 24.4 Å². The van der Waals surface area contributed by atoms with E-state index in [1.807, 2.05) is 71.4 Å². The standard InChI is InChI=1S/C39H41ClN4O4/c40-35-19-32(43-21-30-17-10-18-31(30)22-43)39-41-20-33(44(39)42-35)36-38(47-25-29-15-8-3-9-16-29)37(46-24-28-13-6-2-7-14-28)34(48-36)26-45-23-27-11-4-1-5-12-27/h1-9,11-16,19-20,30-31,34,36-38H,10,17-18,21-26H2/t30?,31?,34-,36+,37-,38+/m1/s1. The molecule has 9 heteroatoms. The van der Waals surface area contributed by atoms with Crippen molar-refractivity contribution < 1.29 is 18.9 Å². The first-order valence-electron chi connectivity index (χ1n) is 17.1. The summed E-state index contributed by atoms with van der Waals surface area (Å²) in [6.07, 6.45) is 3.98.